The Bertz CT molecular complexity index is 565. The Balaban J connectivity index is 3.10. The molecule has 0 saturated heterocycles. The van der Waals surface area contributed by atoms with Crippen LogP contribution in [0.2, 0.25) is 0 Å². The molecule has 0 amide bonds. The van der Waals surface area contributed by atoms with Crippen LogP contribution in [0.5, 0.6) is 0 Å². The number of H-pyrrole nitrogens is 1. The second-order valence-electron chi connectivity index (χ2n) is 2.87. The lowest BCUT2D eigenvalue weighted by molar-refractivity contribution is 0.369. The van der Waals surface area contributed by atoms with E-state index in [1.165, 1.54) is 0 Å². The summed E-state index contributed by atoms with van der Waals surface area (Å²) >= 11 is 0. The van der Waals surface area contributed by atoms with E-state index in [9.17, 15) is 9.59 Å². The van der Waals surface area contributed by atoms with E-state index in [0.29, 0.717) is 10.8 Å². The van der Waals surface area contributed by atoms with Crippen LogP contribution in [0.25, 0.3) is 10.8 Å². The fraction of sp³-hybridized carbons (Fsp3) is 0.111. The molecule has 0 aliphatic rings. The summed E-state index contributed by atoms with van der Waals surface area (Å²) in [4.78, 5) is 22.3. The van der Waals surface area contributed by atoms with Crippen molar-refractivity contribution in [3.8, 4) is 0 Å². The number of nitrogens with one attached hydrogen (secondary N) is 1. The van der Waals surface area contributed by atoms with E-state index in [0.717, 1.165) is 5.56 Å². The number of rotatable bonds is 0. The Hall–Kier alpha value is -1.84. The van der Waals surface area contributed by atoms with Crippen molar-refractivity contribution in [2.24, 2.45) is 0 Å². The van der Waals surface area contributed by atoms with Crippen molar-refractivity contribution in [2.75, 3.05) is 0 Å². The molecule has 1 aromatic carbocycles. The maximum Gasteiger partial charge on any atom is 0.363 e. The highest BCUT2D eigenvalue weighted by atomic mass is 16.5. The van der Waals surface area contributed by atoms with Gasteiger partial charge in [-0.25, -0.2) is 4.79 Å². The molecular formula is C9H7NO3. The molecule has 0 aliphatic carbocycles. The van der Waals surface area contributed by atoms with Gasteiger partial charge >= 0.3 is 5.63 Å². The molecule has 1 aromatic heterocycles. The molecule has 4 heteroatoms. The first kappa shape index (κ1) is 7.79. The largest absolute Gasteiger partial charge is 0.363 e. The standard InChI is InChI=1S/C9H7NO3/c1-5-2-3-6-7(4-5)8(11)10-13-9(6)12/h2-4H,1H3,(H,10,11). The minimum atomic E-state index is -0.519. The van der Waals surface area contributed by atoms with E-state index < -0.39 is 5.63 Å². The number of benzene rings is 1. The zero-order chi connectivity index (χ0) is 9.42. The molecule has 2 rings (SSSR count). The summed E-state index contributed by atoms with van der Waals surface area (Å²) in [6.45, 7) is 1.85. The highest BCUT2D eigenvalue weighted by Crippen LogP contribution is 2.06. The van der Waals surface area contributed by atoms with Crippen LogP contribution in [-0.4, -0.2) is 5.16 Å². The number of hydrogen-bond acceptors (Lipinski definition) is 3. The van der Waals surface area contributed by atoms with E-state index >= 15 is 0 Å². The van der Waals surface area contributed by atoms with Crippen LogP contribution >= 0.6 is 0 Å². The Morgan fingerprint density at radius 1 is 1.23 bits per heavy atom. The number of hydrogen-bond donors (Lipinski definition) is 1. The molecule has 0 bridgehead atoms. The van der Waals surface area contributed by atoms with Gasteiger partial charge in [0.25, 0.3) is 5.56 Å². The van der Waals surface area contributed by atoms with Crippen molar-refractivity contribution in [3.63, 3.8) is 0 Å². The molecule has 66 valence electrons. The van der Waals surface area contributed by atoms with Gasteiger partial charge in [-0.2, -0.15) is 5.16 Å². The lowest BCUT2D eigenvalue weighted by Crippen LogP contribution is -2.13. The molecule has 4 nitrogen and oxygen atoms in total. The van der Waals surface area contributed by atoms with Crippen molar-refractivity contribution in [1.82, 2.24) is 5.16 Å². The average molecular weight is 177 g/mol. The highest BCUT2D eigenvalue weighted by molar-refractivity contribution is 5.80. The van der Waals surface area contributed by atoms with Crippen molar-refractivity contribution < 1.29 is 4.52 Å². The first-order chi connectivity index (χ1) is 6.18. The topological polar surface area (TPSA) is 63.1 Å². The van der Waals surface area contributed by atoms with Crippen molar-refractivity contribution in [3.05, 3.63) is 44.5 Å². The normalized spacial score (nSPS) is 10.5. The zero-order valence-electron chi connectivity index (χ0n) is 6.96. The molecule has 2 aromatic rings. The van der Waals surface area contributed by atoms with Crippen molar-refractivity contribution >= 4 is 10.8 Å². The zero-order valence-corrected chi connectivity index (χ0v) is 6.96. The Labute approximate surface area is 72.8 Å². The SMILES string of the molecule is Cc1ccc2c(=O)o[nH]c(=O)c2c1. The van der Waals surface area contributed by atoms with Gasteiger partial charge < -0.3 is 4.52 Å². The predicted molar refractivity (Wildman–Crippen MR) is 47.8 cm³/mol. The summed E-state index contributed by atoms with van der Waals surface area (Å²) in [7, 11) is 0. The van der Waals surface area contributed by atoms with Crippen LogP contribution in [0.4, 0.5) is 0 Å². The van der Waals surface area contributed by atoms with Gasteiger partial charge in [0.05, 0.1) is 10.8 Å². The average Bonchev–Trinajstić information content (AvgIpc) is 2.12. The smallest absolute Gasteiger partial charge is 0.335 e. The number of aryl methyl sites for hydroxylation is 1. The molecule has 1 heterocycles. The van der Waals surface area contributed by atoms with E-state index in [2.05, 4.69) is 4.52 Å². The maximum atomic E-state index is 11.2. The van der Waals surface area contributed by atoms with Crippen LogP contribution in [0.15, 0.2) is 32.3 Å². The van der Waals surface area contributed by atoms with E-state index in [1.807, 2.05) is 12.1 Å². The molecule has 13 heavy (non-hydrogen) atoms. The summed E-state index contributed by atoms with van der Waals surface area (Å²) in [5.41, 5.74) is 0.0384. The molecule has 0 unspecified atom stereocenters. The van der Waals surface area contributed by atoms with Gasteiger partial charge in [0.15, 0.2) is 0 Å². The first-order valence-electron chi connectivity index (χ1n) is 3.80. The minimum absolute atomic E-state index is 0.314. The fourth-order valence-electron chi connectivity index (χ4n) is 1.23. The Morgan fingerprint density at radius 2 is 2.00 bits per heavy atom. The monoisotopic (exact) mass is 177 g/mol. The van der Waals surface area contributed by atoms with Crippen LogP contribution in [0.1, 0.15) is 5.56 Å². The molecule has 0 saturated carbocycles. The fourth-order valence-corrected chi connectivity index (χ4v) is 1.23. The van der Waals surface area contributed by atoms with Crippen LogP contribution < -0.4 is 11.2 Å². The first-order valence-corrected chi connectivity index (χ1v) is 3.80. The van der Waals surface area contributed by atoms with Gasteiger partial charge in [-0.15, -0.1) is 0 Å². The molecular weight excluding hydrogens is 170 g/mol. The third-order valence-corrected chi connectivity index (χ3v) is 1.88. The van der Waals surface area contributed by atoms with Crippen molar-refractivity contribution in [1.29, 1.82) is 0 Å². The lowest BCUT2D eigenvalue weighted by atomic mass is 10.1. The molecule has 0 fully saturated rings. The summed E-state index contributed by atoms with van der Waals surface area (Å²) in [5.74, 6) is 0. The van der Waals surface area contributed by atoms with Crippen molar-refractivity contribution in [2.45, 2.75) is 6.92 Å². The molecule has 1 N–H and O–H groups in total. The van der Waals surface area contributed by atoms with Crippen LogP contribution in [0, 0.1) is 6.92 Å². The summed E-state index contributed by atoms with van der Waals surface area (Å²) < 4.78 is 4.42. The maximum absolute atomic E-state index is 11.2. The molecule has 0 aliphatic heterocycles. The number of aromatic amines is 1. The minimum Gasteiger partial charge on any atom is -0.335 e. The van der Waals surface area contributed by atoms with Crippen LogP contribution in [0.3, 0.4) is 0 Å². The van der Waals surface area contributed by atoms with E-state index in [1.54, 1.807) is 18.2 Å². The number of fused-ring (bicyclic) bond motifs is 1. The van der Waals surface area contributed by atoms with Crippen LogP contribution in [-0.2, 0) is 0 Å². The third-order valence-electron chi connectivity index (χ3n) is 1.88. The van der Waals surface area contributed by atoms with E-state index in [4.69, 9.17) is 0 Å². The lowest BCUT2D eigenvalue weighted by Gasteiger charge is -1.94. The number of aromatic nitrogens is 1. The molecule has 0 radical (unpaired) electrons. The van der Waals surface area contributed by atoms with Gasteiger partial charge in [-0.05, 0) is 19.1 Å². The molecule has 0 spiro atoms. The molecule has 0 atom stereocenters. The Morgan fingerprint density at radius 3 is 2.77 bits per heavy atom. The van der Waals surface area contributed by atoms with Gasteiger partial charge in [-0.3, -0.25) is 4.79 Å². The van der Waals surface area contributed by atoms with Gasteiger partial charge in [-0.1, -0.05) is 11.6 Å². The van der Waals surface area contributed by atoms with E-state index in [-0.39, 0.29) is 5.56 Å². The Kier molecular flexibility index (Phi) is 1.55. The van der Waals surface area contributed by atoms with Gasteiger partial charge in [0, 0.05) is 0 Å². The second-order valence-corrected chi connectivity index (χ2v) is 2.87. The summed E-state index contributed by atoms with van der Waals surface area (Å²) in [6, 6.07) is 5.01. The highest BCUT2D eigenvalue weighted by Gasteiger charge is 2.03. The predicted octanol–water partition coefficient (Wildman–Crippen LogP) is 0.790. The van der Waals surface area contributed by atoms with Gasteiger partial charge in [0.2, 0.25) is 0 Å². The third kappa shape index (κ3) is 1.16. The van der Waals surface area contributed by atoms with Gasteiger partial charge in [0.1, 0.15) is 0 Å². The second kappa shape index (κ2) is 2.58. The quantitative estimate of drug-likeness (QED) is 0.647. The summed E-state index contributed by atoms with van der Waals surface area (Å²) in [6.07, 6.45) is 0. The summed E-state index contributed by atoms with van der Waals surface area (Å²) in [5, 5.41) is 2.71.